The molecule has 210 valence electrons. The molecule has 3 N–H and O–H groups in total. The first-order valence-electron chi connectivity index (χ1n) is 15.0. The molecule has 6 nitrogen and oxygen atoms in total. The van der Waals surface area contributed by atoms with E-state index in [2.05, 4.69) is 59.0 Å². The molecule has 0 aromatic rings. The van der Waals surface area contributed by atoms with Gasteiger partial charge in [-0.15, -0.1) is 0 Å². The van der Waals surface area contributed by atoms with Crippen molar-refractivity contribution in [1.29, 1.82) is 0 Å². The Morgan fingerprint density at radius 1 is 0.575 bits per heavy atom. The molecule has 1 atom stereocenters. The number of aliphatic hydroxyl groups excluding tert-OH is 1. The third-order valence-electron chi connectivity index (χ3n) is 8.77. The minimum Gasteiger partial charge on any atom is -0.507 e. The van der Waals surface area contributed by atoms with E-state index in [9.17, 15) is 10.2 Å². The highest BCUT2D eigenvalue weighted by Gasteiger charge is 2.43. The molecule has 40 heavy (non-hydrogen) atoms. The summed E-state index contributed by atoms with van der Waals surface area (Å²) in [4.78, 5) is 15.4. The highest BCUT2D eigenvalue weighted by atomic mass is 16.3. The average molecular weight is 539 g/mol. The maximum absolute atomic E-state index is 11.7. The van der Waals surface area contributed by atoms with Gasteiger partial charge in [0.1, 0.15) is 0 Å². The van der Waals surface area contributed by atoms with E-state index < -0.39 is 5.60 Å². The monoisotopic (exact) mass is 538 g/mol. The third kappa shape index (κ3) is 4.24. The second-order valence-electron chi connectivity index (χ2n) is 10.7. The van der Waals surface area contributed by atoms with Crippen LogP contribution in [0, 0.1) is 0 Å². The maximum atomic E-state index is 11.7. The van der Waals surface area contributed by atoms with Gasteiger partial charge in [-0.05, 0) is 103 Å². The molecule has 0 unspecified atom stereocenters. The quantitative estimate of drug-likeness (QED) is 0.309. The lowest BCUT2D eigenvalue weighted by atomic mass is 9.92. The molecule has 8 bridgehead atoms. The van der Waals surface area contributed by atoms with E-state index in [0.29, 0.717) is 17.8 Å². The van der Waals surface area contributed by atoms with E-state index >= 15 is 0 Å². The standard InChI is InChI=1S/C34H42N4O2/c1-8-19-20(9-2)26-16-28-23(12-5)24(13-6)30(37-28)18-32-34(40,14-7)33(39)31(38-32)17-29-22(11-4)21(10-3)27(36-29)15-25(19)35-26/h15-18,38-40H,8-14H2,1-7H3/t34-/m0/s1. The summed E-state index contributed by atoms with van der Waals surface area (Å²) in [5, 5.41) is 26.4. The predicted molar refractivity (Wildman–Crippen MR) is 165 cm³/mol. The van der Waals surface area contributed by atoms with Crippen LogP contribution in [-0.4, -0.2) is 32.9 Å². The molecule has 0 aliphatic carbocycles. The summed E-state index contributed by atoms with van der Waals surface area (Å²) in [6.45, 7) is 14.9. The molecule has 0 saturated carbocycles. The van der Waals surface area contributed by atoms with Gasteiger partial charge in [-0.1, -0.05) is 48.5 Å². The van der Waals surface area contributed by atoms with Gasteiger partial charge in [-0.25, -0.2) is 15.0 Å². The number of aliphatic hydroxyl groups is 2. The fourth-order valence-electron chi connectivity index (χ4n) is 6.61. The molecular formula is C34H42N4O2. The predicted octanol–water partition coefficient (Wildman–Crippen LogP) is 7.76. The van der Waals surface area contributed by atoms with Gasteiger partial charge in [0.15, 0.2) is 11.4 Å². The molecule has 5 heterocycles. The SMILES string of the molecule is CCC1=C(CC)C2=NC1=CC1=NC(=CC3=C(O)[C@](O)(CC)C(=CC4=NC(=C2)C(CC)=C4CC)N3)C(CC)=C1CC. The Labute approximate surface area is 238 Å². The van der Waals surface area contributed by atoms with E-state index in [4.69, 9.17) is 15.0 Å². The fraction of sp³-hybridized carbons (Fsp3) is 0.441. The Bertz CT molecular complexity index is 1510. The zero-order valence-corrected chi connectivity index (χ0v) is 25.0. The third-order valence-corrected chi connectivity index (χ3v) is 8.77. The Balaban J connectivity index is 1.84. The Hall–Kier alpha value is -3.51. The molecule has 0 saturated heterocycles. The number of fused-ring (bicyclic) bond motifs is 5. The molecule has 0 spiro atoms. The van der Waals surface area contributed by atoms with Gasteiger partial charge in [0.2, 0.25) is 0 Å². The van der Waals surface area contributed by atoms with Crippen LogP contribution in [0.3, 0.4) is 0 Å². The molecule has 5 rings (SSSR count). The van der Waals surface area contributed by atoms with E-state index in [1.165, 1.54) is 22.3 Å². The summed E-state index contributed by atoms with van der Waals surface area (Å²) >= 11 is 0. The van der Waals surface area contributed by atoms with Gasteiger partial charge in [0.25, 0.3) is 0 Å². The first-order valence-corrected chi connectivity index (χ1v) is 15.0. The molecule has 0 radical (unpaired) electrons. The lowest BCUT2D eigenvalue weighted by Crippen LogP contribution is -2.32. The van der Waals surface area contributed by atoms with Crippen molar-refractivity contribution in [2.75, 3.05) is 0 Å². The number of aliphatic imine (C=N–C) groups is 3. The summed E-state index contributed by atoms with van der Waals surface area (Å²) in [7, 11) is 0. The van der Waals surface area contributed by atoms with Gasteiger partial charge in [-0.2, -0.15) is 0 Å². The van der Waals surface area contributed by atoms with E-state index in [1.54, 1.807) is 0 Å². The highest BCUT2D eigenvalue weighted by Crippen LogP contribution is 2.41. The van der Waals surface area contributed by atoms with Crippen LogP contribution in [0.15, 0.2) is 107 Å². The highest BCUT2D eigenvalue weighted by molar-refractivity contribution is 6.18. The van der Waals surface area contributed by atoms with E-state index in [0.717, 1.165) is 83.9 Å². The minimum atomic E-state index is -1.52. The largest absolute Gasteiger partial charge is 0.507 e. The summed E-state index contributed by atoms with van der Waals surface area (Å²) < 4.78 is 0. The van der Waals surface area contributed by atoms with Crippen molar-refractivity contribution in [2.24, 2.45) is 15.0 Å². The molecule has 0 aromatic carbocycles. The Morgan fingerprint density at radius 3 is 1.32 bits per heavy atom. The lowest BCUT2D eigenvalue weighted by Gasteiger charge is -2.22. The van der Waals surface area contributed by atoms with E-state index in [1.807, 2.05) is 19.1 Å². The zero-order valence-electron chi connectivity index (χ0n) is 25.0. The number of hydrogen-bond acceptors (Lipinski definition) is 6. The van der Waals surface area contributed by atoms with Crippen molar-refractivity contribution in [3.63, 3.8) is 0 Å². The first kappa shape index (κ1) is 28.0. The van der Waals surface area contributed by atoms with Crippen molar-refractivity contribution in [1.82, 2.24) is 5.32 Å². The van der Waals surface area contributed by atoms with Crippen LogP contribution in [0.5, 0.6) is 0 Å². The number of allylic oxidation sites excluding steroid dienone is 10. The van der Waals surface area contributed by atoms with Gasteiger partial charge in [-0.3, -0.25) is 0 Å². The molecule has 5 aliphatic rings. The smallest absolute Gasteiger partial charge is 0.163 e. The van der Waals surface area contributed by atoms with Crippen LogP contribution >= 0.6 is 0 Å². The van der Waals surface area contributed by atoms with Crippen LogP contribution in [0.25, 0.3) is 0 Å². The molecule has 0 aromatic heterocycles. The minimum absolute atomic E-state index is 0.0749. The van der Waals surface area contributed by atoms with Crippen LogP contribution < -0.4 is 5.32 Å². The Morgan fingerprint density at radius 2 is 0.950 bits per heavy atom. The topological polar surface area (TPSA) is 89.6 Å². The van der Waals surface area contributed by atoms with Crippen molar-refractivity contribution in [3.05, 3.63) is 92.0 Å². The first-order chi connectivity index (χ1) is 19.3. The molecule has 5 aliphatic heterocycles. The van der Waals surface area contributed by atoms with Crippen LogP contribution in [0.1, 0.15) is 93.4 Å². The van der Waals surface area contributed by atoms with Gasteiger partial charge >= 0.3 is 0 Å². The number of nitrogens with one attached hydrogen (secondary N) is 1. The number of nitrogens with zero attached hydrogens (tertiary/aromatic N) is 3. The van der Waals surface area contributed by atoms with Gasteiger partial charge in [0, 0.05) is 0 Å². The number of hydrogen-bond donors (Lipinski definition) is 3. The van der Waals surface area contributed by atoms with Crippen molar-refractivity contribution in [3.8, 4) is 0 Å². The molecule has 0 fully saturated rings. The van der Waals surface area contributed by atoms with Gasteiger partial charge in [0.05, 0.1) is 45.6 Å². The maximum Gasteiger partial charge on any atom is 0.163 e. The average Bonchev–Trinajstić information content (AvgIpc) is 3.64. The zero-order chi connectivity index (χ0) is 28.8. The molecular weight excluding hydrogens is 496 g/mol. The van der Waals surface area contributed by atoms with Crippen molar-refractivity contribution >= 4 is 17.1 Å². The van der Waals surface area contributed by atoms with Crippen LogP contribution in [-0.2, 0) is 0 Å². The Kier molecular flexibility index (Phi) is 7.58. The lowest BCUT2D eigenvalue weighted by molar-refractivity contribution is 0.0707. The normalized spacial score (nSPS) is 24.2. The fourth-order valence-corrected chi connectivity index (χ4v) is 6.61. The van der Waals surface area contributed by atoms with E-state index in [-0.39, 0.29) is 5.76 Å². The second kappa shape index (κ2) is 10.8. The summed E-state index contributed by atoms with van der Waals surface area (Å²) in [5.41, 5.74) is 12.2. The van der Waals surface area contributed by atoms with Crippen LogP contribution in [0.2, 0.25) is 0 Å². The van der Waals surface area contributed by atoms with Crippen molar-refractivity contribution in [2.45, 2.75) is 99.0 Å². The number of rotatable bonds is 7. The molecule has 6 heteroatoms. The van der Waals surface area contributed by atoms with Crippen LogP contribution in [0.4, 0.5) is 0 Å². The summed E-state index contributed by atoms with van der Waals surface area (Å²) in [6, 6.07) is 0. The van der Waals surface area contributed by atoms with Crippen molar-refractivity contribution < 1.29 is 10.2 Å². The summed E-state index contributed by atoms with van der Waals surface area (Å²) in [6.07, 6.45) is 13.5. The van der Waals surface area contributed by atoms with Gasteiger partial charge < -0.3 is 15.5 Å². The molecule has 0 amide bonds. The summed E-state index contributed by atoms with van der Waals surface area (Å²) in [5.74, 6) is -0.0749. The second-order valence-corrected chi connectivity index (χ2v) is 10.7.